The highest BCUT2D eigenvalue weighted by Gasteiger charge is 2.34. The van der Waals surface area contributed by atoms with Crippen LogP contribution >= 0.6 is 0 Å². The lowest BCUT2D eigenvalue weighted by molar-refractivity contribution is -0.144. The Morgan fingerprint density at radius 2 is 1.55 bits per heavy atom. The molecule has 1 saturated heterocycles. The predicted molar refractivity (Wildman–Crippen MR) is 182 cm³/mol. The van der Waals surface area contributed by atoms with Gasteiger partial charge in [-0.05, 0) is 57.9 Å². The van der Waals surface area contributed by atoms with Crippen LogP contribution in [0.1, 0.15) is 59.8 Å². The number of nitrogens with zero attached hydrogens (tertiary/aromatic N) is 1. The Labute approximate surface area is 288 Å². The zero-order valence-electron chi connectivity index (χ0n) is 29.3. The van der Waals surface area contributed by atoms with E-state index < -0.39 is 47.7 Å². The maximum atomic E-state index is 13.0. The normalized spacial score (nSPS) is 15.3. The van der Waals surface area contributed by atoms with Gasteiger partial charge >= 0.3 is 0 Å². The second-order valence-electron chi connectivity index (χ2n) is 12.1. The molecule has 3 atom stereocenters. The number of likely N-dealkylation sites (tertiary alicyclic amines) is 1. The molecule has 1 aliphatic heterocycles. The van der Waals surface area contributed by atoms with Crippen LogP contribution in [0.4, 0.5) is 0 Å². The van der Waals surface area contributed by atoms with Crippen molar-refractivity contribution in [1.29, 1.82) is 0 Å². The molecule has 16 nitrogen and oxygen atoms in total. The number of hydrogen-bond acceptors (Lipinski definition) is 9. The molecule has 1 fully saturated rings. The minimum absolute atomic E-state index is 0.0871. The van der Waals surface area contributed by atoms with Crippen LogP contribution < -0.4 is 31.9 Å². The average Bonchev–Trinajstić information content (AvgIpc) is 3.06. The van der Waals surface area contributed by atoms with E-state index in [1.54, 1.807) is 6.92 Å². The summed E-state index contributed by atoms with van der Waals surface area (Å²) in [4.78, 5) is 87.8. The third-order valence-electron chi connectivity index (χ3n) is 7.28. The van der Waals surface area contributed by atoms with Gasteiger partial charge in [0.1, 0.15) is 24.7 Å². The van der Waals surface area contributed by atoms with Crippen LogP contribution in [0.5, 0.6) is 0 Å². The van der Waals surface area contributed by atoms with Crippen molar-refractivity contribution in [3.63, 3.8) is 0 Å². The summed E-state index contributed by atoms with van der Waals surface area (Å²) in [5.41, 5.74) is 0.422. The van der Waals surface area contributed by atoms with E-state index in [2.05, 4.69) is 45.1 Å². The molecule has 49 heavy (non-hydrogen) atoms. The van der Waals surface area contributed by atoms with Crippen LogP contribution in [0.2, 0.25) is 0 Å². The Hall–Kier alpha value is -4.31. The second-order valence-corrected chi connectivity index (χ2v) is 12.1. The average molecular weight is 694 g/mol. The Morgan fingerprint density at radius 1 is 0.857 bits per heavy atom. The summed E-state index contributed by atoms with van der Waals surface area (Å²) in [5, 5.41) is 15.9. The van der Waals surface area contributed by atoms with Gasteiger partial charge in [0, 0.05) is 31.8 Å². The minimum atomic E-state index is -0.846. The lowest BCUT2D eigenvalue weighted by Gasteiger charge is -2.36. The molecule has 0 saturated carbocycles. The monoisotopic (exact) mass is 693 g/mol. The molecule has 0 aliphatic carbocycles. The van der Waals surface area contributed by atoms with Crippen molar-refractivity contribution in [2.24, 2.45) is 5.92 Å². The molecular formula is C33H55N7O9. The Balaban J connectivity index is 2.37. The fourth-order valence-electron chi connectivity index (χ4n) is 4.76. The number of ether oxygens (including phenoxy) is 2. The maximum Gasteiger partial charge on any atom is 0.246 e. The van der Waals surface area contributed by atoms with E-state index in [1.807, 2.05) is 13.8 Å². The summed E-state index contributed by atoms with van der Waals surface area (Å²) in [5.74, 6) is -2.76. The molecule has 1 unspecified atom stereocenters. The number of carbonyl (C=O) groups excluding carboxylic acids is 7. The zero-order chi connectivity index (χ0) is 36.8. The number of piperidine rings is 1. The number of carbonyl (C=O) groups is 7. The maximum absolute atomic E-state index is 13.0. The predicted octanol–water partition coefficient (Wildman–Crippen LogP) is -0.947. The van der Waals surface area contributed by atoms with Crippen LogP contribution in [0, 0.1) is 5.92 Å². The second kappa shape index (κ2) is 23.9. The molecule has 1 heterocycles. The highest BCUT2D eigenvalue weighted by molar-refractivity contribution is 5.96. The van der Waals surface area contributed by atoms with Gasteiger partial charge in [-0.3, -0.25) is 33.6 Å². The van der Waals surface area contributed by atoms with E-state index in [0.29, 0.717) is 50.9 Å². The molecule has 0 aromatic heterocycles. The number of rotatable bonds is 23. The van der Waals surface area contributed by atoms with Crippen molar-refractivity contribution < 1.29 is 43.0 Å². The van der Waals surface area contributed by atoms with E-state index >= 15 is 0 Å². The summed E-state index contributed by atoms with van der Waals surface area (Å²) >= 11 is 0. The van der Waals surface area contributed by atoms with Gasteiger partial charge < -0.3 is 46.3 Å². The molecule has 1 aliphatic rings. The van der Waals surface area contributed by atoms with E-state index in [4.69, 9.17) is 9.47 Å². The number of hydrogen-bond donors (Lipinski definition) is 6. The Kier molecular flexibility index (Phi) is 20.9. The SMILES string of the molecule is C=CC(=O)N[C@@H](C)C(=O)N1CCCC[C@H]1C(=O)NCC(=O)NC(CC(C)C)C(=O)NCCOCCOCC(=O)NCCCNC(=O)C(=C)C. The van der Waals surface area contributed by atoms with Crippen LogP contribution in [0.3, 0.4) is 0 Å². The summed E-state index contributed by atoms with van der Waals surface area (Å²) in [6, 6.07) is -2.47. The van der Waals surface area contributed by atoms with E-state index in [-0.39, 0.29) is 57.2 Å². The van der Waals surface area contributed by atoms with E-state index in [1.165, 1.54) is 11.8 Å². The van der Waals surface area contributed by atoms with Crippen molar-refractivity contribution in [1.82, 2.24) is 36.8 Å². The van der Waals surface area contributed by atoms with Gasteiger partial charge in [0.05, 0.1) is 26.4 Å². The standard InChI is InChI=1S/C33H55N7O9/c1-7-27(41)38-24(6)33(47)40-15-9-8-11-26(40)32(46)37-20-28(42)39-25(19-22(2)3)31(45)36-14-16-48-17-18-49-21-29(43)34-12-10-13-35-30(44)23(4)5/h7,22,24-26H,1,4,8-21H2,2-3,5-6H3,(H,34,43)(H,35,44)(H,36,45)(H,37,46)(H,38,41)(H,39,42)/t24-,25?,26-/m0/s1. The largest absolute Gasteiger partial charge is 0.377 e. The van der Waals surface area contributed by atoms with Gasteiger partial charge in [0.15, 0.2) is 0 Å². The van der Waals surface area contributed by atoms with Gasteiger partial charge in [-0.15, -0.1) is 0 Å². The molecule has 6 N–H and O–H groups in total. The molecular weight excluding hydrogens is 638 g/mol. The van der Waals surface area contributed by atoms with Gasteiger partial charge in [-0.25, -0.2) is 0 Å². The van der Waals surface area contributed by atoms with Crippen molar-refractivity contribution >= 4 is 41.4 Å². The van der Waals surface area contributed by atoms with Crippen molar-refractivity contribution in [2.75, 3.05) is 59.2 Å². The number of amides is 7. The van der Waals surface area contributed by atoms with Gasteiger partial charge in [-0.1, -0.05) is 27.0 Å². The van der Waals surface area contributed by atoms with Crippen LogP contribution in [-0.2, 0) is 43.0 Å². The topological polar surface area (TPSA) is 213 Å². The molecule has 7 amide bonds. The van der Waals surface area contributed by atoms with Crippen molar-refractivity contribution in [3.8, 4) is 0 Å². The lowest BCUT2D eigenvalue weighted by Crippen LogP contribution is -2.57. The third-order valence-corrected chi connectivity index (χ3v) is 7.28. The van der Waals surface area contributed by atoms with Crippen molar-refractivity contribution in [3.05, 3.63) is 24.8 Å². The lowest BCUT2D eigenvalue weighted by atomic mass is 10.00. The first-order valence-corrected chi connectivity index (χ1v) is 16.7. The molecule has 0 aromatic rings. The van der Waals surface area contributed by atoms with Crippen molar-refractivity contribution in [2.45, 2.75) is 77.9 Å². The van der Waals surface area contributed by atoms with Gasteiger partial charge in [0.25, 0.3) is 0 Å². The quantitative estimate of drug-likeness (QED) is 0.0575. The summed E-state index contributed by atoms with van der Waals surface area (Å²) < 4.78 is 10.7. The van der Waals surface area contributed by atoms with Crippen LogP contribution in [0.25, 0.3) is 0 Å². The van der Waals surface area contributed by atoms with E-state index in [0.717, 1.165) is 12.5 Å². The highest BCUT2D eigenvalue weighted by atomic mass is 16.5. The zero-order valence-corrected chi connectivity index (χ0v) is 29.3. The first-order chi connectivity index (χ1) is 23.3. The summed E-state index contributed by atoms with van der Waals surface area (Å²) in [6.07, 6.45) is 3.86. The minimum Gasteiger partial charge on any atom is -0.377 e. The summed E-state index contributed by atoms with van der Waals surface area (Å²) in [7, 11) is 0. The fraction of sp³-hybridized carbons (Fsp3) is 0.667. The smallest absolute Gasteiger partial charge is 0.246 e. The molecule has 276 valence electrons. The van der Waals surface area contributed by atoms with Crippen LogP contribution in [0.15, 0.2) is 24.8 Å². The first kappa shape index (κ1) is 42.7. The van der Waals surface area contributed by atoms with Crippen LogP contribution in [-0.4, -0.2) is 124 Å². The molecule has 0 radical (unpaired) electrons. The third kappa shape index (κ3) is 18.1. The Morgan fingerprint density at radius 3 is 2.22 bits per heavy atom. The Bertz CT molecular complexity index is 1160. The molecule has 16 heteroatoms. The molecule has 0 aromatic carbocycles. The fourth-order valence-corrected chi connectivity index (χ4v) is 4.76. The van der Waals surface area contributed by atoms with Gasteiger partial charge in [0.2, 0.25) is 41.4 Å². The molecule has 0 spiro atoms. The van der Waals surface area contributed by atoms with Gasteiger partial charge in [-0.2, -0.15) is 0 Å². The summed E-state index contributed by atoms with van der Waals surface area (Å²) in [6.45, 7) is 15.3. The first-order valence-electron chi connectivity index (χ1n) is 16.7. The van der Waals surface area contributed by atoms with E-state index in [9.17, 15) is 33.6 Å². The number of nitrogens with one attached hydrogen (secondary N) is 6. The molecule has 1 rings (SSSR count). The highest BCUT2D eigenvalue weighted by Crippen LogP contribution is 2.18. The molecule has 0 bridgehead atoms.